The topological polar surface area (TPSA) is 92.8 Å². The monoisotopic (exact) mass is 478 g/mol. The molecule has 0 radical (unpaired) electrons. The van der Waals surface area contributed by atoms with Gasteiger partial charge >= 0.3 is 0 Å². The predicted octanol–water partition coefficient (Wildman–Crippen LogP) is 3.61. The highest BCUT2D eigenvalue weighted by atomic mass is 32.2. The first kappa shape index (κ1) is 21.8. The molecule has 1 N–H and O–H groups in total. The molecule has 0 unspecified atom stereocenters. The van der Waals surface area contributed by atoms with E-state index in [1.54, 1.807) is 48.7 Å². The fraction of sp³-hybridized carbons (Fsp3) is 0.238. The van der Waals surface area contributed by atoms with Crippen LogP contribution >= 0.6 is 11.3 Å². The smallest absolute Gasteiger partial charge is 0.262 e. The van der Waals surface area contributed by atoms with Crippen LogP contribution in [0.5, 0.6) is 5.75 Å². The van der Waals surface area contributed by atoms with Gasteiger partial charge in [-0.05, 0) is 71.8 Å². The number of hydrogen-bond donors (Lipinski definition) is 1. The van der Waals surface area contributed by atoms with Crippen molar-refractivity contribution in [2.45, 2.75) is 29.0 Å². The van der Waals surface area contributed by atoms with Gasteiger partial charge in [-0.25, -0.2) is 16.8 Å². The third-order valence-corrected chi connectivity index (χ3v) is 9.96. The summed E-state index contributed by atoms with van der Waals surface area (Å²) in [5.41, 5.74) is 2.77. The van der Waals surface area contributed by atoms with Crippen molar-refractivity contribution < 1.29 is 21.6 Å². The summed E-state index contributed by atoms with van der Waals surface area (Å²) in [6.45, 7) is 2.30. The van der Waals surface area contributed by atoms with E-state index in [9.17, 15) is 16.8 Å². The maximum absolute atomic E-state index is 12.9. The highest BCUT2D eigenvalue weighted by Gasteiger charge is 2.29. The Balaban J connectivity index is 1.59. The van der Waals surface area contributed by atoms with Crippen molar-refractivity contribution in [1.82, 2.24) is 4.31 Å². The van der Waals surface area contributed by atoms with Gasteiger partial charge in [-0.1, -0.05) is 12.1 Å². The molecular formula is C21H22N2O5S3. The Labute approximate surface area is 186 Å². The van der Waals surface area contributed by atoms with E-state index in [1.165, 1.54) is 28.8 Å². The average Bonchev–Trinajstić information content (AvgIpc) is 3.28. The molecule has 7 nitrogen and oxygen atoms in total. The SMILES string of the molecule is COc1ccc(S(=O)(=O)Nc2ccc3c(c2)CN(S(=O)(=O)c2cccs2)CC3)c(C)c1. The van der Waals surface area contributed by atoms with Gasteiger partial charge in [-0.2, -0.15) is 4.31 Å². The molecule has 0 saturated heterocycles. The van der Waals surface area contributed by atoms with Crippen LogP contribution in [0, 0.1) is 6.92 Å². The summed E-state index contributed by atoms with van der Waals surface area (Å²) in [4.78, 5) is 0.160. The van der Waals surface area contributed by atoms with E-state index < -0.39 is 20.0 Å². The molecule has 164 valence electrons. The molecule has 2 aromatic carbocycles. The molecule has 0 atom stereocenters. The summed E-state index contributed by atoms with van der Waals surface area (Å²) >= 11 is 1.19. The second kappa shape index (κ2) is 8.27. The molecule has 31 heavy (non-hydrogen) atoms. The Hall–Kier alpha value is -2.40. The van der Waals surface area contributed by atoms with E-state index in [0.29, 0.717) is 34.2 Å². The molecule has 0 fully saturated rings. The van der Waals surface area contributed by atoms with Crippen LogP contribution in [-0.4, -0.2) is 34.8 Å². The Kier molecular flexibility index (Phi) is 5.82. The van der Waals surface area contributed by atoms with Gasteiger partial charge in [0.15, 0.2) is 0 Å². The van der Waals surface area contributed by atoms with Crippen molar-refractivity contribution >= 4 is 37.1 Å². The molecule has 0 saturated carbocycles. The predicted molar refractivity (Wildman–Crippen MR) is 121 cm³/mol. The van der Waals surface area contributed by atoms with E-state index in [2.05, 4.69) is 4.72 Å². The van der Waals surface area contributed by atoms with Gasteiger partial charge in [0.1, 0.15) is 9.96 Å². The minimum absolute atomic E-state index is 0.160. The summed E-state index contributed by atoms with van der Waals surface area (Å²) in [5.74, 6) is 0.581. The van der Waals surface area contributed by atoms with Crippen LogP contribution in [0.15, 0.2) is 63.0 Å². The van der Waals surface area contributed by atoms with E-state index >= 15 is 0 Å². The Morgan fingerprint density at radius 2 is 1.84 bits per heavy atom. The molecule has 2 heterocycles. The second-order valence-electron chi connectivity index (χ2n) is 7.24. The van der Waals surface area contributed by atoms with Crippen LogP contribution < -0.4 is 9.46 Å². The average molecular weight is 479 g/mol. The van der Waals surface area contributed by atoms with E-state index in [0.717, 1.165) is 11.1 Å². The van der Waals surface area contributed by atoms with E-state index in [1.807, 2.05) is 6.07 Å². The minimum Gasteiger partial charge on any atom is -0.497 e. The maximum atomic E-state index is 12.9. The zero-order valence-corrected chi connectivity index (χ0v) is 19.5. The largest absolute Gasteiger partial charge is 0.497 e. The van der Waals surface area contributed by atoms with Crippen LogP contribution in [0.4, 0.5) is 5.69 Å². The van der Waals surface area contributed by atoms with E-state index in [-0.39, 0.29) is 11.4 Å². The van der Waals surface area contributed by atoms with Crippen LogP contribution in [0.2, 0.25) is 0 Å². The fourth-order valence-electron chi connectivity index (χ4n) is 3.60. The standard InChI is InChI=1S/C21H22N2O5S3/c1-15-12-19(28-2)7-8-20(15)30(24,25)22-18-6-5-16-9-10-23(14-17(16)13-18)31(26,27)21-4-3-11-29-21/h3-8,11-13,22H,9-10,14H2,1-2H3. The number of anilines is 1. The highest BCUT2D eigenvalue weighted by Crippen LogP contribution is 2.30. The second-order valence-corrected chi connectivity index (χ2v) is 12.0. The van der Waals surface area contributed by atoms with Gasteiger partial charge in [-0.15, -0.1) is 11.3 Å². The van der Waals surface area contributed by atoms with E-state index in [4.69, 9.17) is 4.74 Å². The zero-order valence-electron chi connectivity index (χ0n) is 17.0. The van der Waals surface area contributed by atoms with Gasteiger partial charge in [0.05, 0.1) is 12.0 Å². The van der Waals surface area contributed by atoms with Crippen molar-refractivity contribution in [3.63, 3.8) is 0 Å². The molecule has 1 aliphatic heterocycles. The fourth-order valence-corrected chi connectivity index (χ4v) is 7.44. The zero-order chi connectivity index (χ0) is 22.2. The number of fused-ring (bicyclic) bond motifs is 1. The van der Waals surface area contributed by atoms with Gasteiger partial charge in [-0.3, -0.25) is 4.72 Å². The highest BCUT2D eigenvalue weighted by molar-refractivity contribution is 7.92. The van der Waals surface area contributed by atoms with Gasteiger partial charge in [0.2, 0.25) is 0 Å². The van der Waals surface area contributed by atoms with Crippen LogP contribution in [-0.2, 0) is 33.0 Å². The molecule has 0 spiro atoms. The lowest BCUT2D eigenvalue weighted by atomic mass is 10.0. The number of ether oxygens (including phenoxy) is 1. The van der Waals surface area contributed by atoms with Crippen molar-refractivity contribution in [3.8, 4) is 5.75 Å². The first-order valence-corrected chi connectivity index (χ1v) is 13.3. The molecule has 0 bridgehead atoms. The lowest BCUT2D eigenvalue weighted by Crippen LogP contribution is -2.35. The first-order valence-electron chi connectivity index (χ1n) is 9.53. The lowest BCUT2D eigenvalue weighted by Gasteiger charge is -2.28. The van der Waals surface area contributed by atoms with Crippen molar-refractivity contribution in [2.75, 3.05) is 18.4 Å². The minimum atomic E-state index is -3.81. The molecule has 1 aliphatic rings. The number of nitrogens with zero attached hydrogens (tertiary/aromatic N) is 1. The third kappa shape index (κ3) is 4.33. The van der Waals surface area contributed by atoms with Gasteiger partial charge < -0.3 is 4.74 Å². The summed E-state index contributed by atoms with van der Waals surface area (Å²) in [5, 5.41) is 1.73. The first-order chi connectivity index (χ1) is 14.7. The van der Waals surface area contributed by atoms with Gasteiger partial charge in [0.25, 0.3) is 20.0 Å². The number of rotatable bonds is 6. The van der Waals surface area contributed by atoms with Crippen LogP contribution in [0.1, 0.15) is 16.7 Å². The third-order valence-electron chi connectivity index (χ3n) is 5.20. The number of sulfonamides is 2. The van der Waals surface area contributed by atoms with Crippen molar-refractivity contribution in [1.29, 1.82) is 0 Å². The summed E-state index contributed by atoms with van der Waals surface area (Å²) in [6, 6.07) is 13.3. The number of aryl methyl sites for hydroxylation is 1. The molecular weight excluding hydrogens is 456 g/mol. The quantitative estimate of drug-likeness (QED) is 0.584. The number of methoxy groups -OCH3 is 1. The molecule has 0 amide bonds. The number of benzene rings is 2. The summed E-state index contributed by atoms with van der Waals surface area (Å²) < 4.78 is 61.0. The summed E-state index contributed by atoms with van der Waals surface area (Å²) in [6.07, 6.45) is 0.574. The van der Waals surface area contributed by atoms with Gasteiger partial charge in [0, 0.05) is 18.8 Å². The Morgan fingerprint density at radius 1 is 1.03 bits per heavy atom. The molecule has 10 heteroatoms. The van der Waals surface area contributed by atoms with Crippen LogP contribution in [0.25, 0.3) is 0 Å². The Morgan fingerprint density at radius 3 is 2.52 bits per heavy atom. The normalized spacial score (nSPS) is 14.8. The number of nitrogens with one attached hydrogen (secondary N) is 1. The summed E-state index contributed by atoms with van der Waals surface area (Å²) in [7, 11) is -5.85. The molecule has 0 aliphatic carbocycles. The van der Waals surface area contributed by atoms with Crippen LogP contribution in [0.3, 0.4) is 0 Å². The number of hydrogen-bond acceptors (Lipinski definition) is 6. The van der Waals surface area contributed by atoms with Crippen molar-refractivity contribution in [3.05, 3.63) is 70.6 Å². The maximum Gasteiger partial charge on any atom is 0.262 e. The molecule has 4 rings (SSSR count). The molecule has 3 aromatic rings. The Bertz CT molecular complexity index is 1320. The van der Waals surface area contributed by atoms with Crippen molar-refractivity contribution in [2.24, 2.45) is 0 Å². The lowest BCUT2D eigenvalue weighted by molar-refractivity contribution is 0.392. The number of thiophene rings is 1. The molecule has 1 aromatic heterocycles.